The molecule has 2 amide bonds. The number of rotatable bonds is 7. The van der Waals surface area contributed by atoms with Crippen LogP contribution < -0.4 is 11.1 Å². The van der Waals surface area contributed by atoms with Gasteiger partial charge in [-0.05, 0) is 24.8 Å². The second-order valence-corrected chi connectivity index (χ2v) is 6.43. The molecule has 1 saturated heterocycles. The lowest BCUT2D eigenvalue weighted by Gasteiger charge is -2.27. The Balaban J connectivity index is 2.00. The highest BCUT2D eigenvalue weighted by molar-refractivity contribution is 7.80. The van der Waals surface area contributed by atoms with Crippen LogP contribution in [-0.2, 0) is 20.8 Å². The van der Waals surface area contributed by atoms with Crippen LogP contribution in [0.2, 0.25) is 0 Å². The number of aliphatic carboxylic acids is 1. The lowest BCUT2D eigenvalue weighted by Crippen LogP contribution is -2.54. The number of nitrogens with two attached hydrogens (primary N) is 1. The first-order chi connectivity index (χ1) is 11.9. The average Bonchev–Trinajstić information content (AvgIpc) is 3.09. The van der Waals surface area contributed by atoms with Crippen molar-refractivity contribution in [2.45, 2.75) is 37.4 Å². The second kappa shape index (κ2) is 8.87. The molecule has 0 radical (unpaired) electrons. The molecule has 1 fully saturated rings. The quantitative estimate of drug-likeness (QED) is 0.510. The molecule has 1 aromatic carbocycles. The molecule has 0 spiro atoms. The van der Waals surface area contributed by atoms with Gasteiger partial charge in [0.15, 0.2) is 0 Å². The molecule has 3 atom stereocenters. The number of nitrogens with one attached hydrogen (secondary N) is 1. The van der Waals surface area contributed by atoms with Crippen LogP contribution in [0.3, 0.4) is 0 Å². The molecule has 0 saturated carbocycles. The zero-order valence-corrected chi connectivity index (χ0v) is 14.7. The number of carbonyl (C=O) groups excluding carboxylic acids is 2. The van der Waals surface area contributed by atoms with E-state index in [-0.39, 0.29) is 11.7 Å². The van der Waals surface area contributed by atoms with Gasteiger partial charge < -0.3 is 21.1 Å². The Morgan fingerprint density at radius 3 is 2.60 bits per heavy atom. The smallest absolute Gasteiger partial charge is 0.327 e. The molecule has 0 bridgehead atoms. The summed E-state index contributed by atoms with van der Waals surface area (Å²) in [4.78, 5) is 37.5. The average molecular weight is 365 g/mol. The summed E-state index contributed by atoms with van der Waals surface area (Å²) in [6.45, 7) is 0.442. The van der Waals surface area contributed by atoms with Crippen molar-refractivity contribution < 1.29 is 19.5 Å². The maximum atomic E-state index is 12.6. The zero-order chi connectivity index (χ0) is 18.4. The minimum Gasteiger partial charge on any atom is -0.480 e. The predicted octanol–water partition coefficient (Wildman–Crippen LogP) is 0.0466. The number of carbonyl (C=O) groups is 3. The Morgan fingerprint density at radius 1 is 1.32 bits per heavy atom. The van der Waals surface area contributed by atoms with Crippen LogP contribution in [0.15, 0.2) is 30.3 Å². The van der Waals surface area contributed by atoms with Gasteiger partial charge in [-0.3, -0.25) is 9.59 Å². The molecule has 8 heteroatoms. The van der Waals surface area contributed by atoms with Crippen molar-refractivity contribution in [2.24, 2.45) is 5.73 Å². The fraction of sp³-hybridized carbons (Fsp3) is 0.471. The number of amides is 2. The van der Waals surface area contributed by atoms with Gasteiger partial charge in [0.05, 0.1) is 6.04 Å². The summed E-state index contributed by atoms with van der Waals surface area (Å²) in [5.74, 6) is -1.94. The van der Waals surface area contributed by atoms with Crippen molar-refractivity contribution in [3.05, 3.63) is 35.9 Å². The Kier molecular flexibility index (Phi) is 6.83. The van der Waals surface area contributed by atoms with Crippen molar-refractivity contribution >= 4 is 30.4 Å². The highest BCUT2D eigenvalue weighted by Gasteiger charge is 2.37. The van der Waals surface area contributed by atoms with Crippen LogP contribution in [0.4, 0.5) is 0 Å². The number of likely N-dealkylation sites (tertiary alicyclic amines) is 1. The normalized spacial score (nSPS) is 19.3. The maximum Gasteiger partial charge on any atom is 0.327 e. The molecule has 0 aliphatic carbocycles. The third-order valence-electron chi connectivity index (χ3n) is 4.25. The summed E-state index contributed by atoms with van der Waals surface area (Å²) < 4.78 is 0. The number of nitrogens with zero attached hydrogens (tertiary/aromatic N) is 1. The van der Waals surface area contributed by atoms with Crippen molar-refractivity contribution in [3.8, 4) is 0 Å². The van der Waals surface area contributed by atoms with Crippen molar-refractivity contribution in [2.75, 3.05) is 12.3 Å². The van der Waals surface area contributed by atoms with Gasteiger partial charge >= 0.3 is 5.97 Å². The van der Waals surface area contributed by atoms with E-state index in [2.05, 4.69) is 17.9 Å². The zero-order valence-electron chi connectivity index (χ0n) is 13.8. The molecule has 1 aliphatic heterocycles. The molecule has 1 aliphatic rings. The number of hydrogen-bond donors (Lipinski definition) is 4. The molecule has 136 valence electrons. The van der Waals surface area contributed by atoms with Crippen LogP contribution in [0.1, 0.15) is 18.4 Å². The fourth-order valence-electron chi connectivity index (χ4n) is 2.92. The molecule has 1 heterocycles. The monoisotopic (exact) mass is 365 g/mol. The van der Waals surface area contributed by atoms with Crippen molar-refractivity contribution in [3.63, 3.8) is 0 Å². The number of carboxylic acid groups (broad SMARTS) is 1. The molecule has 1 aromatic rings. The van der Waals surface area contributed by atoms with Crippen LogP contribution in [0.5, 0.6) is 0 Å². The van der Waals surface area contributed by atoms with E-state index in [4.69, 9.17) is 10.8 Å². The Hall–Kier alpha value is -2.06. The van der Waals surface area contributed by atoms with Crippen LogP contribution in [0.25, 0.3) is 0 Å². The van der Waals surface area contributed by atoms with Crippen molar-refractivity contribution in [1.82, 2.24) is 10.2 Å². The first-order valence-corrected chi connectivity index (χ1v) is 8.81. The molecule has 3 unspecified atom stereocenters. The van der Waals surface area contributed by atoms with Crippen LogP contribution in [-0.4, -0.2) is 58.2 Å². The molecule has 7 nitrogen and oxygen atoms in total. The minimum absolute atomic E-state index is 0.0186. The number of carboxylic acids is 1. The highest BCUT2D eigenvalue weighted by Crippen LogP contribution is 2.19. The molecule has 25 heavy (non-hydrogen) atoms. The van der Waals surface area contributed by atoms with E-state index >= 15 is 0 Å². The molecule has 2 rings (SSSR count). The Morgan fingerprint density at radius 2 is 2.00 bits per heavy atom. The van der Waals surface area contributed by atoms with Crippen LogP contribution in [0, 0.1) is 0 Å². The van der Waals surface area contributed by atoms with E-state index in [1.54, 1.807) is 0 Å². The van der Waals surface area contributed by atoms with Gasteiger partial charge in [0.1, 0.15) is 12.1 Å². The summed E-state index contributed by atoms with van der Waals surface area (Å²) in [5.41, 5.74) is 6.99. The number of benzene rings is 1. The van der Waals surface area contributed by atoms with Gasteiger partial charge in [0, 0.05) is 12.3 Å². The number of thiol groups is 1. The van der Waals surface area contributed by atoms with Gasteiger partial charge in [-0.25, -0.2) is 4.79 Å². The summed E-state index contributed by atoms with van der Waals surface area (Å²) in [5, 5.41) is 11.5. The lowest BCUT2D eigenvalue weighted by atomic mass is 10.1. The maximum absolute atomic E-state index is 12.6. The van der Waals surface area contributed by atoms with Gasteiger partial charge in [-0.2, -0.15) is 12.6 Å². The van der Waals surface area contributed by atoms with Gasteiger partial charge in [-0.15, -0.1) is 0 Å². The summed E-state index contributed by atoms with van der Waals surface area (Å²) in [6.07, 6.45) is 1.56. The molecular weight excluding hydrogens is 342 g/mol. The largest absolute Gasteiger partial charge is 0.480 e. The lowest BCUT2D eigenvalue weighted by molar-refractivity contribution is -0.143. The van der Waals surface area contributed by atoms with Crippen LogP contribution >= 0.6 is 12.6 Å². The summed E-state index contributed by atoms with van der Waals surface area (Å²) >= 11 is 3.93. The molecular formula is C17H23N3O4S. The standard InChI is InChI=1S/C17H23N3O4S/c18-12(9-11-5-2-1-3-6-11)16(22)20-8-4-7-14(20)15(21)19-13(10-25)17(23)24/h1-3,5-6,12-14,25H,4,7-10,18H2,(H,19,21)(H,23,24). The first kappa shape index (κ1) is 19.3. The van der Waals surface area contributed by atoms with E-state index in [0.717, 1.165) is 5.56 Å². The van der Waals surface area contributed by atoms with E-state index in [9.17, 15) is 14.4 Å². The third-order valence-corrected chi connectivity index (χ3v) is 4.62. The number of hydrogen-bond acceptors (Lipinski definition) is 5. The molecule has 0 aromatic heterocycles. The SMILES string of the molecule is NC(Cc1ccccc1)C(=O)N1CCCC1C(=O)NC(CS)C(=O)O. The van der Waals surface area contributed by atoms with E-state index < -0.39 is 30.0 Å². The van der Waals surface area contributed by atoms with E-state index in [0.29, 0.717) is 25.8 Å². The minimum atomic E-state index is -1.15. The van der Waals surface area contributed by atoms with E-state index in [1.807, 2.05) is 30.3 Å². The topological polar surface area (TPSA) is 113 Å². The third kappa shape index (κ3) is 4.96. The Bertz CT molecular complexity index is 626. The van der Waals surface area contributed by atoms with Gasteiger partial charge in [-0.1, -0.05) is 30.3 Å². The first-order valence-electron chi connectivity index (χ1n) is 8.18. The van der Waals surface area contributed by atoms with Gasteiger partial charge in [0.2, 0.25) is 11.8 Å². The van der Waals surface area contributed by atoms with Gasteiger partial charge in [0.25, 0.3) is 0 Å². The fourth-order valence-corrected chi connectivity index (χ4v) is 3.17. The predicted molar refractivity (Wildman–Crippen MR) is 96.3 cm³/mol. The van der Waals surface area contributed by atoms with Crippen molar-refractivity contribution in [1.29, 1.82) is 0 Å². The second-order valence-electron chi connectivity index (χ2n) is 6.07. The molecule has 4 N–H and O–H groups in total. The summed E-state index contributed by atoms with van der Waals surface area (Å²) in [6, 6.07) is 6.93. The highest BCUT2D eigenvalue weighted by atomic mass is 32.1. The summed E-state index contributed by atoms with van der Waals surface area (Å²) in [7, 11) is 0. The van der Waals surface area contributed by atoms with E-state index in [1.165, 1.54) is 4.90 Å². The Labute approximate surface area is 152 Å².